The number of thioether (sulfide) groups is 1. The Balaban J connectivity index is 1.36. The average molecular weight is 370 g/mol. The van der Waals surface area contributed by atoms with E-state index in [1.54, 1.807) is 18.0 Å². The molecule has 0 bridgehead atoms. The van der Waals surface area contributed by atoms with Crippen molar-refractivity contribution in [2.24, 2.45) is 0 Å². The van der Waals surface area contributed by atoms with Crippen molar-refractivity contribution in [1.29, 1.82) is 0 Å². The molecule has 26 heavy (non-hydrogen) atoms. The number of ether oxygens (including phenoxy) is 2. The molecule has 1 unspecified atom stereocenters. The quantitative estimate of drug-likeness (QED) is 0.872. The van der Waals surface area contributed by atoms with Gasteiger partial charge >= 0.3 is 0 Å². The molecule has 136 valence electrons. The molecule has 1 amide bonds. The topological polar surface area (TPSA) is 60.5 Å². The molecule has 0 radical (unpaired) electrons. The Kier molecular flexibility index (Phi) is 5.29. The summed E-state index contributed by atoms with van der Waals surface area (Å²) in [5, 5.41) is 2.97. The van der Waals surface area contributed by atoms with E-state index in [0.29, 0.717) is 18.2 Å². The first-order valence-corrected chi connectivity index (χ1v) is 10.0. The number of para-hydroxylation sites is 1. The third-order valence-electron chi connectivity index (χ3n) is 4.68. The predicted octanol–water partition coefficient (Wildman–Crippen LogP) is 3.57. The zero-order chi connectivity index (χ0) is 17.8. The van der Waals surface area contributed by atoms with Crippen molar-refractivity contribution >= 4 is 17.7 Å². The van der Waals surface area contributed by atoms with Gasteiger partial charge in [-0.25, -0.2) is 4.98 Å². The number of aromatic nitrogens is 1. The van der Waals surface area contributed by atoms with Gasteiger partial charge in [0.1, 0.15) is 11.9 Å². The molecule has 1 aliphatic carbocycles. The molecule has 1 aromatic heterocycles. The summed E-state index contributed by atoms with van der Waals surface area (Å²) in [5.74, 6) is 1.91. The second-order valence-corrected chi connectivity index (χ2v) is 7.64. The van der Waals surface area contributed by atoms with Gasteiger partial charge in [0.15, 0.2) is 6.10 Å². The van der Waals surface area contributed by atoms with Crippen LogP contribution < -0.4 is 14.8 Å². The minimum atomic E-state index is -0.481. The third kappa shape index (κ3) is 3.96. The fraction of sp³-hybridized carbons (Fsp3) is 0.400. The van der Waals surface area contributed by atoms with Gasteiger partial charge in [-0.3, -0.25) is 4.79 Å². The van der Waals surface area contributed by atoms with Crippen molar-refractivity contribution in [1.82, 2.24) is 10.3 Å². The van der Waals surface area contributed by atoms with Gasteiger partial charge in [-0.2, -0.15) is 0 Å². The van der Waals surface area contributed by atoms with Crippen LogP contribution in [0.4, 0.5) is 0 Å². The van der Waals surface area contributed by atoms with Gasteiger partial charge in [0.05, 0.1) is 0 Å². The fourth-order valence-electron chi connectivity index (χ4n) is 3.27. The van der Waals surface area contributed by atoms with E-state index in [-0.39, 0.29) is 12.0 Å². The lowest BCUT2D eigenvalue weighted by Crippen LogP contribution is -2.41. The van der Waals surface area contributed by atoms with Crippen LogP contribution in [0.2, 0.25) is 0 Å². The third-order valence-corrected chi connectivity index (χ3v) is 5.80. The molecular formula is C20H22N2O3S. The SMILES string of the molecule is O=C(NCc1cccnc1OC1CCCC1)C1CSc2ccccc2O1. The van der Waals surface area contributed by atoms with E-state index >= 15 is 0 Å². The van der Waals surface area contributed by atoms with Gasteiger partial charge in [0, 0.05) is 29.0 Å². The number of carbonyl (C=O) groups excluding carboxylic acids is 1. The molecule has 6 heteroatoms. The summed E-state index contributed by atoms with van der Waals surface area (Å²) in [7, 11) is 0. The molecule has 1 saturated carbocycles. The number of nitrogens with one attached hydrogen (secondary N) is 1. The number of hydrogen-bond donors (Lipinski definition) is 1. The monoisotopic (exact) mass is 370 g/mol. The van der Waals surface area contributed by atoms with Crippen LogP contribution in [0.3, 0.4) is 0 Å². The minimum Gasteiger partial charge on any atom is -0.479 e. The summed E-state index contributed by atoms with van der Waals surface area (Å²) in [5.41, 5.74) is 0.900. The predicted molar refractivity (Wildman–Crippen MR) is 101 cm³/mol. The summed E-state index contributed by atoms with van der Waals surface area (Å²) < 4.78 is 11.9. The van der Waals surface area contributed by atoms with Crippen LogP contribution in [0, 0.1) is 0 Å². The van der Waals surface area contributed by atoms with E-state index in [2.05, 4.69) is 10.3 Å². The standard InChI is InChI=1S/C20H22N2O3S/c23-19(17-13-26-18-10-4-3-9-16(18)25-17)22-12-14-6-5-11-21-20(14)24-15-7-1-2-8-15/h3-6,9-11,15,17H,1-2,7-8,12-13H2,(H,22,23). The number of rotatable bonds is 5. The summed E-state index contributed by atoms with van der Waals surface area (Å²) >= 11 is 1.65. The van der Waals surface area contributed by atoms with Gasteiger partial charge in [-0.15, -0.1) is 11.8 Å². The van der Waals surface area contributed by atoms with E-state index in [9.17, 15) is 4.79 Å². The van der Waals surface area contributed by atoms with Crippen LogP contribution in [0.5, 0.6) is 11.6 Å². The number of carbonyl (C=O) groups is 1. The van der Waals surface area contributed by atoms with Crippen molar-refractivity contribution in [3.8, 4) is 11.6 Å². The average Bonchev–Trinajstić information content (AvgIpc) is 3.20. The molecule has 2 heterocycles. The highest BCUT2D eigenvalue weighted by molar-refractivity contribution is 7.99. The zero-order valence-corrected chi connectivity index (χ0v) is 15.3. The van der Waals surface area contributed by atoms with Crippen molar-refractivity contribution in [3.63, 3.8) is 0 Å². The molecule has 1 aromatic carbocycles. The molecule has 1 atom stereocenters. The van der Waals surface area contributed by atoms with Crippen LogP contribution in [0.1, 0.15) is 31.2 Å². The number of pyridine rings is 1. The van der Waals surface area contributed by atoms with Crippen LogP contribution in [0.25, 0.3) is 0 Å². The molecule has 1 fully saturated rings. The molecule has 2 aliphatic rings. The normalized spacial score (nSPS) is 19.5. The minimum absolute atomic E-state index is 0.109. The Bertz CT molecular complexity index is 777. The Hall–Kier alpha value is -2.21. The Morgan fingerprint density at radius 1 is 1.23 bits per heavy atom. The van der Waals surface area contributed by atoms with Crippen LogP contribution in [0.15, 0.2) is 47.5 Å². The van der Waals surface area contributed by atoms with Crippen molar-refractivity contribution in [2.45, 2.75) is 49.3 Å². The number of hydrogen-bond acceptors (Lipinski definition) is 5. The molecule has 1 N–H and O–H groups in total. The number of nitrogens with zero attached hydrogens (tertiary/aromatic N) is 1. The Morgan fingerprint density at radius 3 is 2.96 bits per heavy atom. The molecule has 0 saturated heterocycles. The lowest BCUT2D eigenvalue weighted by molar-refractivity contribution is -0.127. The van der Waals surface area contributed by atoms with E-state index in [4.69, 9.17) is 9.47 Å². The largest absolute Gasteiger partial charge is 0.479 e. The maximum atomic E-state index is 12.5. The highest BCUT2D eigenvalue weighted by Crippen LogP contribution is 2.35. The number of amides is 1. The van der Waals surface area contributed by atoms with E-state index in [1.807, 2.05) is 36.4 Å². The first-order chi connectivity index (χ1) is 12.8. The number of fused-ring (bicyclic) bond motifs is 1. The Labute approximate surface area is 157 Å². The number of benzene rings is 1. The fourth-order valence-corrected chi connectivity index (χ4v) is 4.26. The summed E-state index contributed by atoms with van der Waals surface area (Å²) in [6, 6.07) is 11.6. The Morgan fingerprint density at radius 2 is 2.08 bits per heavy atom. The maximum absolute atomic E-state index is 12.5. The van der Waals surface area contributed by atoms with E-state index in [1.165, 1.54) is 12.8 Å². The highest BCUT2D eigenvalue weighted by Gasteiger charge is 2.26. The summed E-state index contributed by atoms with van der Waals surface area (Å²) in [6.07, 6.45) is 6.07. The summed E-state index contributed by atoms with van der Waals surface area (Å²) in [6.45, 7) is 0.390. The molecule has 2 aromatic rings. The molecule has 1 aliphatic heterocycles. The van der Waals surface area contributed by atoms with Crippen LogP contribution in [-0.4, -0.2) is 28.9 Å². The molecular weight excluding hydrogens is 348 g/mol. The first kappa shape index (κ1) is 17.2. The lowest BCUT2D eigenvalue weighted by Gasteiger charge is -2.24. The first-order valence-electron chi connectivity index (χ1n) is 9.06. The molecule has 0 spiro atoms. The second kappa shape index (κ2) is 7.99. The van der Waals surface area contributed by atoms with Crippen LogP contribution >= 0.6 is 11.8 Å². The van der Waals surface area contributed by atoms with E-state index in [0.717, 1.165) is 29.1 Å². The lowest BCUT2D eigenvalue weighted by atomic mass is 10.2. The van der Waals surface area contributed by atoms with Crippen molar-refractivity contribution in [3.05, 3.63) is 48.2 Å². The van der Waals surface area contributed by atoms with Crippen LogP contribution in [-0.2, 0) is 11.3 Å². The smallest absolute Gasteiger partial charge is 0.262 e. The highest BCUT2D eigenvalue weighted by atomic mass is 32.2. The van der Waals surface area contributed by atoms with Gasteiger partial charge in [-0.05, 0) is 43.9 Å². The van der Waals surface area contributed by atoms with Crippen molar-refractivity contribution < 1.29 is 14.3 Å². The van der Waals surface area contributed by atoms with Gasteiger partial charge < -0.3 is 14.8 Å². The summed E-state index contributed by atoms with van der Waals surface area (Å²) in [4.78, 5) is 18.0. The molecule has 5 nitrogen and oxygen atoms in total. The second-order valence-electron chi connectivity index (χ2n) is 6.57. The van der Waals surface area contributed by atoms with E-state index < -0.39 is 6.10 Å². The van der Waals surface area contributed by atoms with Gasteiger partial charge in [0.25, 0.3) is 5.91 Å². The van der Waals surface area contributed by atoms with Gasteiger partial charge in [-0.1, -0.05) is 18.2 Å². The maximum Gasteiger partial charge on any atom is 0.262 e. The zero-order valence-electron chi connectivity index (χ0n) is 14.5. The molecule has 4 rings (SSSR count). The van der Waals surface area contributed by atoms with Gasteiger partial charge in [0.2, 0.25) is 5.88 Å². The van der Waals surface area contributed by atoms with Crippen molar-refractivity contribution in [2.75, 3.05) is 5.75 Å².